The minimum absolute atomic E-state index is 0.00627. The monoisotopic (exact) mass is 610 g/mol. The zero-order valence-electron chi connectivity index (χ0n) is 24.3. The van der Waals surface area contributed by atoms with Gasteiger partial charge in [0.25, 0.3) is 5.91 Å². The highest BCUT2D eigenvalue weighted by molar-refractivity contribution is 6.03. The van der Waals surface area contributed by atoms with Crippen LogP contribution in [0.1, 0.15) is 41.6 Å². The summed E-state index contributed by atoms with van der Waals surface area (Å²) in [5, 5.41) is 13.7. The first-order valence-corrected chi connectivity index (χ1v) is 14.2. The fraction of sp³-hybridized carbons (Fsp3) is 0.367. The first-order chi connectivity index (χ1) is 21.1. The SMILES string of the molecule is CN(C)CCCC(=O)N[C@@H]1CCCN(c2n[nH]c3nccc(Oc4ccc(C(=O)Nc5cc(C(F)(F)F)ccn5)cc4)c23)C1. The Labute approximate surface area is 251 Å². The number of aromatic nitrogens is 4. The average molecular weight is 611 g/mol. The van der Waals surface area contributed by atoms with E-state index < -0.39 is 17.6 Å². The molecule has 0 aliphatic carbocycles. The lowest BCUT2D eigenvalue weighted by Gasteiger charge is -2.33. The molecule has 4 heterocycles. The lowest BCUT2D eigenvalue weighted by molar-refractivity contribution is -0.137. The quantitative estimate of drug-likeness (QED) is 0.233. The van der Waals surface area contributed by atoms with Gasteiger partial charge in [-0.2, -0.15) is 18.3 Å². The number of aromatic amines is 1. The number of benzene rings is 1. The van der Waals surface area contributed by atoms with E-state index in [4.69, 9.17) is 4.74 Å². The van der Waals surface area contributed by atoms with E-state index in [0.29, 0.717) is 41.3 Å². The standard InChI is InChI=1S/C30H33F3N8O3/c1-40(2)15-4-6-25(42)36-21-5-3-16-41(18-21)28-26-23(12-14-35-27(26)38-39-28)44-22-9-7-19(8-10-22)29(43)37-24-17-20(11-13-34-24)30(31,32)33/h7-14,17,21H,3-6,15-16,18H2,1-2H3,(H,36,42)(H,34,37,43)(H,35,38,39)/t21-/m1/s1. The van der Waals surface area contributed by atoms with Gasteiger partial charge in [-0.1, -0.05) is 0 Å². The molecule has 4 aromatic rings. The Balaban J connectivity index is 1.26. The highest BCUT2D eigenvalue weighted by Crippen LogP contribution is 2.36. The molecule has 11 nitrogen and oxygen atoms in total. The van der Waals surface area contributed by atoms with Gasteiger partial charge in [0.05, 0.1) is 5.56 Å². The van der Waals surface area contributed by atoms with Gasteiger partial charge >= 0.3 is 6.18 Å². The zero-order valence-corrected chi connectivity index (χ0v) is 24.3. The number of pyridine rings is 2. The number of anilines is 2. The van der Waals surface area contributed by atoms with Crippen LogP contribution in [0.3, 0.4) is 0 Å². The number of alkyl halides is 3. The van der Waals surface area contributed by atoms with E-state index in [9.17, 15) is 22.8 Å². The van der Waals surface area contributed by atoms with E-state index in [1.54, 1.807) is 24.4 Å². The van der Waals surface area contributed by atoms with Gasteiger partial charge in [0.2, 0.25) is 5.91 Å². The van der Waals surface area contributed by atoms with Gasteiger partial charge in [-0.05, 0) is 76.3 Å². The molecule has 44 heavy (non-hydrogen) atoms. The molecule has 0 spiro atoms. The van der Waals surface area contributed by atoms with Crippen molar-refractivity contribution < 1.29 is 27.5 Å². The highest BCUT2D eigenvalue weighted by atomic mass is 19.4. The van der Waals surface area contributed by atoms with Crippen LogP contribution in [0, 0.1) is 0 Å². The first-order valence-electron chi connectivity index (χ1n) is 14.2. The molecule has 1 fully saturated rings. The van der Waals surface area contributed by atoms with Crippen LogP contribution < -0.4 is 20.3 Å². The first kappa shape index (κ1) is 30.7. The minimum atomic E-state index is -4.55. The molecule has 5 rings (SSSR count). The van der Waals surface area contributed by atoms with Crippen LogP contribution in [0.25, 0.3) is 11.0 Å². The fourth-order valence-electron chi connectivity index (χ4n) is 5.03. The Morgan fingerprint density at radius 3 is 2.64 bits per heavy atom. The van der Waals surface area contributed by atoms with Crippen molar-refractivity contribution in [3.63, 3.8) is 0 Å². The van der Waals surface area contributed by atoms with Crippen LogP contribution in [0.4, 0.5) is 24.8 Å². The molecule has 1 atom stereocenters. The zero-order chi connectivity index (χ0) is 31.3. The summed E-state index contributed by atoms with van der Waals surface area (Å²) in [5.74, 6) is 0.814. The number of carbonyl (C=O) groups is 2. The largest absolute Gasteiger partial charge is 0.456 e. The summed E-state index contributed by atoms with van der Waals surface area (Å²) in [7, 11) is 3.97. The summed E-state index contributed by atoms with van der Waals surface area (Å²) in [6.07, 6.45) is 1.07. The van der Waals surface area contributed by atoms with E-state index in [-0.39, 0.29) is 23.3 Å². The molecule has 0 saturated carbocycles. The number of fused-ring (bicyclic) bond motifs is 1. The number of rotatable bonds is 10. The van der Waals surface area contributed by atoms with Crippen molar-refractivity contribution in [1.29, 1.82) is 0 Å². The molecule has 0 bridgehead atoms. The molecule has 3 N–H and O–H groups in total. The number of carbonyl (C=O) groups excluding carboxylic acids is 2. The third kappa shape index (κ3) is 7.61. The van der Waals surface area contributed by atoms with Crippen LogP contribution in [0.5, 0.6) is 11.5 Å². The van der Waals surface area contributed by atoms with Gasteiger partial charge < -0.3 is 25.2 Å². The van der Waals surface area contributed by atoms with Crippen molar-refractivity contribution in [3.8, 4) is 11.5 Å². The average Bonchev–Trinajstić information content (AvgIpc) is 3.43. The van der Waals surface area contributed by atoms with Crippen LogP contribution in [-0.2, 0) is 11.0 Å². The Morgan fingerprint density at radius 1 is 1.11 bits per heavy atom. The van der Waals surface area contributed by atoms with E-state index in [1.807, 2.05) is 14.1 Å². The third-order valence-corrected chi connectivity index (χ3v) is 7.17. The number of ether oxygens (including phenoxy) is 1. The summed E-state index contributed by atoms with van der Waals surface area (Å²) in [5.41, 5.74) is -0.158. The Morgan fingerprint density at radius 2 is 1.89 bits per heavy atom. The second-order valence-electron chi connectivity index (χ2n) is 10.8. The van der Waals surface area contributed by atoms with Gasteiger partial charge in [0, 0.05) is 49.6 Å². The number of nitrogens with zero attached hydrogens (tertiary/aromatic N) is 5. The van der Waals surface area contributed by atoms with Crippen molar-refractivity contribution >= 4 is 34.5 Å². The summed E-state index contributed by atoms with van der Waals surface area (Å²) in [6, 6.07) is 9.50. The molecule has 0 radical (unpaired) electrons. The van der Waals surface area contributed by atoms with Crippen molar-refractivity contribution in [2.24, 2.45) is 0 Å². The molecular formula is C30H33F3N8O3. The lowest BCUT2D eigenvalue weighted by Crippen LogP contribution is -2.48. The Hall–Kier alpha value is -4.72. The van der Waals surface area contributed by atoms with Crippen LogP contribution in [0.2, 0.25) is 0 Å². The fourth-order valence-corrected chi connectivity index (χ4v) is 5.03. The molecule has 0 unspecified atom stereocenters. The third-order valence-electron chi connectivity index (χ3n) is 7.17. The van der Waals surface area contributed by atoms with Crippen LogP contribution in [0.15, 0.2) is 54.9 Å². The molecule has 1 aromatic carbocycles. The highest BCUT2D eigenvalue weighted by Gasteiger charge is 2.31. The number of amides is 2. The second kappa shape index (κ2) is 13.3. The smallest absolute Gasteiger partial charge is 0.416 e. The number of nitrogens with one attached hydrogen (secondary N) is 3. The summed E-state index contributed by atoms with van der Waals surface area (Å²) >= 11 is 0. The van der Waals surface area contributed by atoms with Gasteiger partial charge in [-0.3, -0.25) is 14.7 Å². The van der Waals surface area contributed by atoms with E-state index in [2.05, 4.69) is 40.6 Å². The summed E-state index contributed by atoms with van der Waals surface area (Å²) < 4.78 is 45.2. The predicted octanol–water partition coefficient (Wildman–Crippen LogP) is 4.84. The van der Waals surface area contributed by atoms with Crippen molar-refractivity contribution in [2.45, 2.75) is 37.9 Å². The maximum absolute atomic E-state index is 13.0. The molecule has 2 amide bonds. The number of hydrogen-bond acceptors (Lipinski definition) is 8. The number of H-pyrrole nitrogens is 1. The van der Waals surface area contributed by atoms with Gasteiger partial charge in [-0.25, -0.2) is 9.97 Å². The number of halogens is 3. The topological polar surface area (TPSA) is 128 Å². The van der Waals surface area contributed by atoms with Gasteiger partial charge in [-0.15, -0.1) is 0 Å². The van der Waals surface area contributed by atoms with Crippen molar-refractivity contribution in [2.75, 3.05) is 43.9 Å². The van der Waals surface area contributed by atoms with E-state index in [1.165, 1.54) is 12.1 Å². The molecule has 3 aromatic heterocycles. The molecular weight excluding hydrogens is 577 g/mol. The lowest BCUT2D eigenvalue weighted by atomic mass is 10.0. The molecule has 1 aliphatic rings. The molecule has 1 aliphatic heterocycles. The van der Waals surface area contributed by atoms with Crippen LogP contribution >= 0.6 is 0 Å². The summed E-state index contributed by atoms with van der Waals surface area (Å²) in [6.45, 7) is 2.20. The maximum Gasteiger partial charge on any atom is 0.416 e. The van der Waals surface area contributed by atoms with E-state index >= 15 is 0 Å². The van der Waals surface area contributed by atoms with Crippen molar-refractivity contribution in [1.82, 2.24) is 30.4 Å². The Kier molecular flexibility index (Phi) is 9.28. The summed E-state index contributed by atoms with van der Waals surface area (Å²) in [4.78, 5) is 37.5. The molecule has 1 saturated heterocycles. The van der Waals surface area contributed by atoms with Crippen LogP contribution in [-0.4, -0.2) is 76.7 Å². The van der Waals surface area contributed by atoms with E-state index in [0.717, 1.165) is 50.7 Å². The minimum Gasteiger partial charge on any atom is -0.456 e. The molecule has 232 valence electrons. The maximum atomic E-state index is 13.0. The number of hydrogen-bond donors (Lipinski definition) is 3. The number of piperidine rings is 1. The molecule has 14 heteroatoms. The van der Waals surface area contributed by atoms with Crippen molar-refractivity contribution in [3.05, 3.63) is 66.0 Å². The predicted molar refractivity (Wildman–Crippen MR) is 159 cm³/mol. The van der Waals surface area contributed by atoms with Gasteiger partial charge in [0.1, 0.15) is 22.7 Å². The van der Waals surface area contributed by atoms with Gasteiger partial charge in [0.15, 0.2) is 11.5 Å². The normalized spacial score (nSPS) is 15.4. The second-order valence-corrected chi connectivity index (χ2v) is 10.8. The Bertz CT molecular complexity index is 1610.